The molecule has 0 amide bonds. The first-order valence-electron chi connectivity index (χ1n) is 6.39. The summed E-state index contributed by atoms with van der Waals surface area (Å²) < 4.78 is 0. The Morgan fingerprint density at radius 2 is 1.81 bits per heavy atom. The number of carboxylic acids is 1. The van der Waals surface area contributed by atoms with Crippen LogP contribution in [-0.2, 0) is 4.79 Å². The molecule has 0 aliphatic heterocycles. The number of rotatable bonds is 3. The van der Waals surface area contributed by atoms with Gasteiger partial charge in [-0.15, -0.1) is 0 Å². The first-order chi connectivity index (χ1) is 9.88. The van der Waals surface area contributed by atoms with E-state index in [9.17, 15) is 15.0 Å². The minimum atomic E-state index is -1.06. The lowest BCUT2D eigenvalue weighted by molar-refractivity contribution is -0.130. The van der Waals surface area contributed by atoms with Crippen LogP contribution in [0.4, 0.5) is 0 Å². The number of aliphatic carboxylic acids is 1. The van der Waals surface area contributed by atoms with Gasteiger partial charge < -0.3 is 10.2 Å². The number of halogens is 1. The number of hydrogen-bond donors (Lipinski definition) is 2. The largest absolute Gasteiger partial charge is 0.507 e. The number of phenols is 1. The Labute approximate surface area is 128 Å². The van der Waals surface area contributed by atoms with Crippen molar-refractivity contribution >= 4 is 29.2 Å². The van der Waals surface area contributed by atoms with Crippen molar-refractivity contribution in [2.75, 3.05) is 0 Å². The summed E-state index contributed by atoms with van der Waals surface area (Å²) in [5.41, 5.74) is 3.17. The molecule has 0 aliphatic carbocycles. The van der Waals surface area contributed by atoms with E-state index in [1.807, 2.05) is 26.0 Å². The van der Waals surface area contributed by atoms with Crippen molar-refractivity contribution in [3.63, 3.8) is 0 Å². The summed E-state index contributed by atoms with van der Waals surface area (Å²) in [5.74, 6) is -1.07. The third kappa shape index (κ3) is 3.44. The van der Waals surface area contributed by atoms with Crippen LogP contribution in [0.1, 0.15) is 22.3 Å². The maximum absolute atomic E-state index is 11.5. The molecule has 3 nitrogen and oxygen atoms in total. The summed E-state index contributed by atoms with van der Waals surface area (Å²) >= 11 is 5.88. The molecular weight excluding hydrogens is 288 g/mol. The first kappa shape index (κ1) is 15.1. The Hall–Kier alpha value is -2.26. The van der Waals surface area contributed by atoms with Crippen LogP contribution in [0.15, 0.2) is 36.4 Å². The van der Waals surface area contributed by atoms with Crippen LogP contribution in [0.3, 0.4) is 0 Å². The number of carboxylic acid groups (broad SMARTS) is 1. The summed E-state index contributed by atoms with van der Waals surface area (Å²) in [5, 5.41) is 19.7. The van der Waals surface area contributed by atoms with E-state index in [2.05, 4.69) is 0 Å². The number of aryl methyl sites for hydroxylation is 2. The SMILES string of the molecule is Cc1ccc(/C(=C/c2cc(Cl)ccc2O)C(=O)O)cc1C. The quantitative estimate of drug-likeness (QED) is 0.657. The number of carbonyl (C=O) groups is 1. The zero-order valence-electron chi connectivity index (χ0n) is 11.7. The fraction of sp³-hybridized carbons (Fsp3) is 0.118. The highest BCUT2D eigenvalue weighted by Gasteiger charge is 2.12. The van der Waals surface area contributed by atoms with E-state index in [0.29, 0.717) is 16.1 Å². The highest BCUT2D eigenvalue weighted by molar-refractivity contribution is 6.31. The Bertz CT molecular complexity index is 733. The molecule has 0 fully saturated rings. The van der Waals surface area contributed by atoms with E-state index in [1.54, 1.807) is 12.1 Å². The molecule has 21 heavy (non-hydrogen) atoms. The van der Waals surface area contributed by atoms with Gasteiger partial charge >= 0.3 is 5.97 Å². The molecule has 2 rings (SSSR count). The molecule has 0 heterocycles. The van der Waals surface area contributed by atoms with Gasteiger partial charge in [-0.25, -0.2) is 4.79 Å². The third-order valence-electron chi connectivity index (χ3n) is 3.34. The predicted molar refractivity (Wildman–Crippen MR) is 84.5 cm³/mol. The molecule has 0 aromatic heterocycles. The van der Waals surface area contributed by atoms with E-state index < -0.39 is 5.97 Å². The van der Waals surface area contributed by atoms with Crippen molar-refractivity contribution in [2.45, 2.75) is 13.8 Å². The Morgan fingerprint density at radius 3 is 2.43 bits per heavy atom. The van der Waals surface area contributed by atoms with Gasteiger partial charge in [0.25, 0.3) is 0 Å². The molecule has 0 radical (unpaired) electrons. The lowest BCUT2D eigenvalue weighted by Crippen LogP contribution is -2.00. The van der Waals surface area contributed by atoms with Crippen molar-refractivity contribution in [3.05, 3.63) is 63.7 Å². The molecule has 0 saturated carbocycles. The van der Waals surface area contributed by atoms with Crippen molar-refractivity contribution in [1.29, 1.82) is 0 Å². The lowest BCUT2D eigenvalue weighted by Gasteiger charge is -2.07. The average molecular weight is 303 g/mol. The van der Waals surface area contributed by atoms with Crippen molar-refractivity contribution < 1.29 is 15.0 Å². The van der Waals surface area contributed by atoms with Crippen molar-refractivity contribution in [2.24, 2.45) is 0 Å². The van der Waals surface area contributed by atoms with Gasteiger partial charge in [0, 0.05) is 10.6 Å². The number of aromatic hydroxyl groups is 1. The normalized spacial score (nSPS) is 11.5. The number of phenolic OH excluding ortho intramolecular Hbond substituents is 1. The highest BCUT2D eigenvalue weighted by atomic mass is 35.5. The Morgan fingerprint density at radius 1 is 1.10 bits per heavy atom. The van der Waals surface area contributed by atoms with Crippen LogP contribution >= 0.6 is 11.6 Å². The van der Waals surface area contributed by atoms with E-state index in [4.69, 9.17) is 11.6 Å². The van der Waals surface area contributed by atoms with Crippen LogP contribution in [0, 0.1) is 13.8 Å². The van der Waals surface area contributed by atoms with Gasteiger partial charge in [-0.2, -0.15) is 0 Å². The topological polar surface area (TPSA) is 57.5 Å². The number of hydrogen-bond acceptors (Lipinski definition) is 2. The van der Waals surface area contributed by atoms with E-state index >= 15 is 0 Å². The molecule has 0 atom stereocenters. The van der Waals surface area contributed by atoms with Gasteiger partial charge in [-0.3, -0.25) is 0 Å². The van der Waals surface area contributed by atoms with E-state index in [1.165, 1.54) is 18.2 Å². The third-order valence-corrected chi connectivity index (χ3v) is 3.57. The Balaban J connectivity index is 2.57. The van der Waals surface area contributed by atoms with Gasteiger partial charge in [-0.05, 0) is 54.8 Å². The van der Waals surface area contributed by atoms with Crippen molar-refractivity contribution in [1.82, 2.24) is 0 Å². The summed E-state index contributed by atoms with van der Waals surface area (Å²) in [7, 11) is 0. The van der Waals surface area contributed by atoms with Crippen LogP contribution in [0.2, 0.25) is 5.02 Å². The molecule has 0 unspecified atom stereocenters. The van der Waals surface area contributed by atoms with Gasteiger partial charge in [0.15, 0.2) is 0 Å². The van der Waals surface area contributed by atoms with Gasteiger partial charge in [0.2, 0.25) is 0 Å². The Kier molecular flexibility index (Phi) is 4.34. The minimum absolute atomic E-state index is 0.0121. The highest BCUT2D eigenvalue weighted by Crippen LogP contribution is 2.27. The van der Waals surface area contributed by atoms with Gasteiger partial charge in [-0.1, -0.05) is 29.8 Å². The van der Waals surface area contributed by atoms with Crippen molar-refractivity contribution in [3.8, 4) is 5.75 Å². The van der Waals surface area contributed by atoms with Crippen LogP contribution in [0.5, 0.6) is 5.75 Å². The average Bonchev–Trinajstić information content (AvgIpc) is 2.42. The van der Waals surface area contributed by atoms with Crippen LogP contribution < -0.4 is 0 Å². The minimum Gasteiger partial charge on any atom is -0.507 e. The molecule has 2 aromatic carbocycles. The maximum atomic E-state index is 11.5. The first-order valence-corrected chi connectivity index (χ1v) is 6.77. The maximum Gasteiger partial charge on any atom is 0.336 e. The monoisotopic (exact) mass is 302 g/mol. The van der Waals surface area contributed by atoms with E-state index in [0.717, 1.165) is 11.1 Å². The lowest BCUT2D eigenvalue weighted by atomic mass is 9.98. The van der Waals surface area contributed by atoms with Crippen LogP contribution in [0.25, 0.3) is 11.6 Å². The summed E-state index contributed by atoms with van der Waals surface area (Å²) in [6.45, 7) is 3.89. The molecule has 108 valence electrons. The molecule has 0 saturated heterocycles. The smallest absolute Gasteiger partial charge is 0.336 e. The summed E-state index contributed by atoms with van der Waals surface area (Å²) in [6, 6.07) is 9.96. The summed E-state index contributed by atoms with van der Waals surface area (Å²) in [4.78, 5) is 11.5. The molecule has 0 bridgehead atoms. The molecule has 2 aromatic rings. The second-order valence-electron chi connectivity index (χ2n) is 4.87. The number of benzene rings is 2. The van der Waals surface area contributed by atoms with E-state index in [-0.39, 0.29) is 11.3 Å². The molecule has 0 aliphatic rings. The van der Waals surface area contributed by atoms with Gasteiger partial charge in [0.05, 0.1) is 5.57 Å². The molecular formula is C17H15ClO3. The second-order valence-corrected chi connectivity index (χ2v) is 5.30. The fourth-order valence-corrected chi connectivity index (χ4v) is 2.15. The molecule has 4 heteroatoms. The fourth-order valence-electron chi connectivity index (χ4n) is 1.97. The van der Waals surface area contributed by atoms with Gasteiger partial charge in [0.1, 0.15) is 5.75 Å². The molecule has 0 spiro atoms. The molecule has 2 N–H and O–H groups in total. The zero-order valence-corrected chi connectivity index (χ0v) is 12.5. The van der Waals surface area contributed by atoms with Crippen LogP contribution in [-0.4, -0.2) is 16.2 Å². The standard InChI is InChI=1S/C17H15ClO3/c1-10-3-4-12(7-11(10)2)15(17(20)21)9-13-8-14(18)5-6-16(13)19/h3-9,19H,1-2H3,(H,20,21)/b15-9-. The summed E-state index contributed by atoms with van der Waals surface area (Å²) in [6.07, 6.45) is 1.42. The zero-order chi connectivity index (χ0) is 15.6. The predicted octanol–water partition coefficient (Wildman–Crippen LogP) is 4.29. The second kappa shape index (κ2) is 6.02.